The molecule has 0 atom stereocenters. The van der Waals surface area contributed by atoms with E-state index in [0.29, 0.717) is 11.4 Å². The van der Waals surface area contributed by atoms with Gasteiger partial charge in [0.1, 0.15) is 0 Å². The van der Waals surface area contributed by atoms with Crippen LogP contribution < -0.4 is 10.6 Å². The number of sulfone groups is 1. The molecule has 0 fully saturated rings. The van der Waals surface area contributed by atoms with E-state index in [1.54, 1.807) is 52.0 Å². The Bertz CT molecular complexity index is 1110. The molecule has 200 valence electrons. The van der Waals surface area contributed by atoms with Crippen molar-refractivity contribution in [1.82, 2.24) is 0 Å². The maximum Gasteiger partial charge on any atom is 0.375 e. The van der Waals surface area contributed by atoms with Crippen LogP contribution in [0.5, 0.6) is 0 Å². The Hall–Kier alpha value is -3.99. The molecule has 0 aliphatic carbocycles. The Labute approximate surface area is 217 Å². The third-order valence-corrected chi connectivity index (χ3v) is 6.41. The van der Waals surface area contributed by atoms with Gasteiger partial charge in [0, 0.05) is 11.4 Å². The Morgan fingerprint density at radius 2 is 0.946 bits per heavy atom. The van der Waals surface area contributed by atoms with E-state index in [0.717, 1.165) is 0 Å². The van der Waals surface area contributed by atoms with Gasteiger partial charge in [0.15, 0.2) is 0 Å². The van der Waals surface area contributed by atoms with Gasteiger partial charge >= 0.3 is 11.9 Å². The van der Waals surface area contributed by atoms with Gasteiger partial charge in [0.2, 0.25) is 21.4 Å². The summed E-state index contributed by atoms with van der Waals surface area (Å²) in [5.74, 6) is -1.17. The Morgan fingerprint density at radius 1 is 0.622 bits per heavy atom. The van der Waals surface area contributed by atoms with Crippen molar-refractivity contribution in [3.63, 3.8) is 0 Å². The minimum Gasteiger partial charge on any atom is -0.486 e. The molecule has 0 saturated heterocycles. The number of anilines is 2. The van der Waals surface area contributed by atoms with E-state index in [1.165, 1.54) is 36.7 Å². The molecule has 0 aliphatic heterocycles. The summed E-state index contributed by atoms with van der Waals surface area (Å²) in [7, 11) is -3.78. The van der Waals surface area contributed by atoms with E-state index in [4.69, 9.17) is 18.9 Å². The molecule has 11 heteroatoms. The highest BCUT2D eigenvalue weighted by atomic mass is 32.2. The zero-order valence-corrected chi connectivity index (χ0v) is 22.1. The maximum absolute atomic E-state index is 13.1. The van der Waals surface area contributed by atoms with Gasteiger partial charge in [0.25, 0.3) is 0 Å². The maximum atomic E-state index is 13.1. The van der Waals surface area contributed by atoms with E-state index < -0.39 is 21.8 Å². The number of benzene rings is 2. The van der Waals surface area contributed by atoms with Gasteiger partial charge in [-0.3, -0.25) is 0 Å². The van der Waals surface area contributed by atoms with Gasteiger partial charge in [-0.15, -0.1) is 0 Å². The molecule has 2 N–H and O–H groups in total. The van der Waals surface area contributed by atoms with Crippen LogP contribution >= 0.6 is 0 Å². The average molecular weight is 533 g/mol. The highest BCUT2D eigenvalue weighted by molar-refractivity contribution is 7.91. The molecule has 0 bridgehead atoms. The second kappa shape index (κ2) is 14.5. The molecule has 0 saturated carbocycles. The first-order chi connectivity index (χ1) is 17.8. The summed E-state index contributed by atoms with van der Waals surface area (Å²) in [5, 5.41) is 5.81. The van der Waals surface area contributed by atoms with Gasteiger partial charge in [-0.25, -0.2) is 18.0 Å². The van der Waals surface area contributed by atoms with Crippen LogP contribution in [-0.4, -0.2) is 46.8 Å². The number of carbonyl (C=O) groups excluding carboxylic acids is 2. The number of rotatable bonds is 14. The number of ether oxygens (including phenoxy) is 4. The average Bonchev–Trinajstić information content (AvgIpc) is 2.89. The van der Waals surface area contributed by atoms with Crippen molar-refractivity contribution < 1.29 is 37.0 Å². The lowest BCUT2D eigenvalue weighted by molar-refractivity contribution is -0.143. The molecule has 2 aromatic carbocycles. The molecule has 2 rings (SSSR count). The van der Waals surface area contributed by atoms with Crippen molar-refractivity contribution in [2.45, 2.75) is 37.5 Å². The molecule has 0 heterocycles. The van der Waals surface area contributed by atoms with Gasteiger partial charge < -0.3 is 29.6 Å². The molecular formula is C26H32N2O8S. The fourth-order valence-electron chi connectivity index (χ4n) is 2.93. The van der Waals surface area contributed by atoms with Crippen LogP contribution in [-0.2, 0) is 38.4 Å². The Balaban J connectivity index is 2.13. The van der Waals surface area contributed by atoms with E-state index in [1.807, 2.05) is 0 Å². The standard InChI is InChI=1S/C26H32N2O8S/c1-5-33-23(25(29)35-7-3)17-27-19-9-13-21(14-10-19)37(31,32)22-15-11-20(12-16-22)28-18-24(34-6-2)26(30)36-8-4/h9-18,27-28H,5-8H2,1-4H3/b23-17-,24-18-. The predicted octanol–water partition coefficient (Wildman–Crippen LogP) is 4.23. The summed E-state index contributed by atoms with van der Waals surface area (Å²) in [6.45, 7) is 7.87. The van der Waals surface area contributed by atoms with Crippen LogP contribution in [0, 0.1) is 0 Å². The fraction of sp³-hybridized carbons (Fsp3) is 0.308. The van der Waals surface area contributed by atoms with Gasteiger partial charge in [-0.2, -0.15) is 0 Å². The van der Waals surface area contributed by atoms with E-state index in [-0.39, 0.29) is 47.7 Å². The van der Waals surface area contributed by atoms with Crippen LogP contribution in [0.2, 0.25) is 0 Å². The molecule has 0 unspecified atom stereocenters. The highest BCUT2D eigenvalue weighted by Crippen LogP contribution is 2.24. The number of hydrogen-bond donors (Lipinski definition) is 2. The second-order valence-corrected chi connectivity index (χ2v) is 9.11. The molecule has 2 aromatic rings. The summed E-state index contributed by atoms with van der Waals surface area (Å²) in [5.41, 5.74) is 1.11. The zero-order valence-electron chi connectivity index (χ0n) is 21.3. The quantitative estimate of drug-likeness (QED) is 0.207. The molecule has 0 spiro atoms. The lowest BCUT2D eigenvalue weighted by Crippen LogP contribution is -2.12. The second-order valence-electron chi connectivity index (χ2n) is 7.17. The van der Waals surface area contributed by atoms with Crippen LogP contribution in [0.1, 0.15) is 27.7 Å². The highest BCUT2D eigenvalue weighted by Gasteiger charge is 2.18. The normalized spacial score (nSPS) is 11.9. The van der Waals surface area contributed by atoms with Crippen LogP contribution in [0.25, 0.3) is 0 Å². The first-order valence-corrected chi connectivity index (χ1v) is 13.2. The third kappa shape index (κ3) is 8.57. The summed E-state index contributed by atoms with van der Waals surface area (Å²) >= 11 is 0. The summed E-state index contributed by atoms with van der Waals surface area (Å²) in [6, 6.07) is 12.1. The molecule has 0 aromatic heterocycles. The number of hydrogen-bond acceptors (Lipinski definition) is 10. The lowest BCUT2D eigenvalue weighted by Gasteiger charge is -2.10. The molecule has 0 radical (unpaired) electrons. The molecule has 37 heavy (non-hydrogen) atoms. The van der Waals surface area contributed by atoms with E-state index in [9.17, 15) is 18.0 Å². The van der Waals surface area contributed by atoms with Gasteiger partial charge in [0.05, 0.1) is 48.6 Å². The Morgan fingerprint density at radius 3 is 1.24 bits per heavy atom. The number of nitrogens with one attached hydrogen (secondary N) is 2. The monoisotopic (exact) mass is 532 g/mol. The van der Waals surface area contributed by atoms with Gasteiger partial charge in [-0.05, 0) is 76.2 Å². The first kappa shape index (κ1) is 29.2. The van der Waals surface area contributed by atoms with Crippen molar-refractivity contribution in [1.29, 1.82) is 0 Å². The predicted molar refractivity (Wildman–Crippen MR) is 138 cm³/mol. The SMILES string of the molecule is CCOC(=O)/C(=C/Nc1ccc(S(=O)(=O)c2ccc(N/C=C(\OCC)C(=O)OCC)cc2)cc1)OCC. The van der Waals surface area contributed by atoms with Crippen molar-refractivity contribution in [3.05, 3.63) is 72.4 Å². The first-order valence-electron chi connectivity index (χ1n) is 11.7. The molecule has 0 aliphatic rings. The fourth-order valence-corrected chi connectivity index (χ4v) is 4.19. The summed E-state index contributed by atoms with van der Waals surface area (Å²) in [6.07, 6.45) is 2.73. The minimum atomic E-state index is -3.78. The number of carbonyl (C=O) groups is 2. The summed E-state index contributed by atoms with van der Waals surface area (Å²) in [4.78, 5) is 24.0. The van der Waals surface area contributed by atoms with Crippen molar-refractivity contribution in [2.24, 2.45) is 0 Å². The molecular weight excluding hydrogens is 500 g/mol. The number of esters is 2. The van der Waals surface area contributed by atoms with E-state index in [2.05, 4.69) is 10.6 Å². The summed E-state index contributed by atoms with van der Waals surface area (Å²) < 4.78 is 46.5. The van der Waals surface area contributed by atoms with Crippen molar-refractivity contribution in [2.75, 3.05) is 37.1 Å². The Kier molecular flexibility index (Phi) is 11.5. The minimum absolute atomic E-state index is 0.0141. The van der Waals surface area contributed by atoms with Gasteiger partial charge in [-0.1, -0.05) is 0 Å². The van der Waals surface area contributed by atoms with E-state index >= 15 is 0 Å². The van der Waals surface area contributed by atoms with Crippen LogP contribution in [0.4, 0.5) is 11.4 Å². The largest absolute Gasteiger partial charge is 0.486 e. The zero-order chi connectivity index (χ0) is 27.3. The topological polar surface area (TPSA) is 129 Å². The van der Waals surface area contributed by atoms with Crippen LogP contribution in [0.15, 0.2) is 82.2 Å². The molecule has 0 amide bonds. The third-order valence-electron chi connectivity index (χ3n) is 4.62. The van der Waals surface area contributed by atoms with Crippen molar-refractivity contribution in [3.8, 4) is 0 Å². The van der Waals surface area contributed by atoms with Crippen molar-refractivity contribution >= 4 is 33.2 Å². The molecule has 10 nitrogen and oxygen atoms in total. The smallest absolute Gasteiger partial charge is 0.375 e. The van der Waals surface area contributed by atoms with Crippen LogP contribution in [0.3, 0.4) is 0 Å². The lowest BCUT2D eigenvalue weighted by atomic mass is 10.3.